The number of hydrogen-bond donors (Lipinski definition) is 2. The van der Waals surface area contributed by atoms with Crippen LogP contribution in [0.1, 0.15) is 25.8 Å². The molecule has 0 aliphatic carbocycles. The minimum absolute atomic E-state index is 0.0833. The average molecular weight is 211 g/mol. The summed E-state index contributed by atoms with van der Waals surface area (Å²) in [4.78, 5) is 0. The van der Waals surface area contributed by atoms with Crippen molar-refractivity contribution in [2.75, 3.05) is 13.2 Å². The molecule has 1 rings (SSSR count). The molecule has 0 saturated heterocycles. The molecule has 0 aliphatic rings. The van der Waals surface area contributed by atoms with Crippen molar-refractivity contribution in [3.05, 3.63) is 35.6 Å². The molecule has 0 amide bonds. The van der Waals surface area contributed by atoms with Gasteiger partial charge in [0.25, 0.3) is 0 Å². The Hall–Kier alpha value is -0.930. The van der Waals surface area contributed by atoms with Crippen LogP contribution in [-0.4, -0.2) is 18.3 Å². The largest absolute Gasteiger partial charge is 0.396 e. The fourth-order valence-corrected chi connectivity index (χ4v) is 1.78. The zero-order valence-electron chi connectivity index (χ0n) is 9.26. The average Bonchev–Trinajstić information content (AvgIpc) is 2.18. The van der Waals surface area contributed by atoms with E-state index in [4.69, 9.17) is 5.11 Å². The molecule has 0 radical (unpaired) electrons. The zero-order valence-corrected chi connectivity index (χ0v) is 9.26. The van der Waals surface area contributed by atoms with Crippen LogP contribution in [0.25, 0.3) is 0 Å². The maximum Gasteiger partial charge on any atom is 0.123 e. The maximum absolute atomic E-state index is 13.1. The Morgan fingerprint density at radius 2 is 2.20 bits per heavy atom. The number of halogens is 1. The predicted octanol–water partition coefficient (Wildman–Crippen LogP) is 2.03. The van der Waals surface area contributed by atoms with Crippen LogP contribution in [0.2, 0.25) is 0 Å². The zero-order chi connectivity index (χ0) is 11.3. The molecule has 0 aromatic heterocycles. The molecule has 0 spiro atoms. The van der Waals surface area contributed by atoms with Crippen LogP contribution in [-0.2, 0) is 5.54 Å². The standard InChI is InChI=1S/C12H18FNO/c1-3-14-12(2,7-8-15)10-5-4-6-11(13)9-10/h4-6,9,14-15H,3,7-8H2,1-2H3. The Labute approximate surface area is 90.1 Å². The van der Waals surface area contributed by atoms with Crippen LogP contribution in [0.4, 0.5) is 4.39 Å². The summed E-state index contributed by atoms with van der Waals surface area (Å²) in [6, 6.07) is 6.51. The highest BCUT2D eigenvalue weighted by molar-refractivity contribution is 5.24. The third-order valence-corrected chi connectivity index (χ3v) is 2.64. The van der Waals surface area contributed by atoms with E-state index in [9.17, 15) is 4.39 Å². The summed E-state index contributed by atoms with van der Waals surface area (Å²) in [5.41, 5.74) is 0.518. The maximum atomic E-state index is 13.1. The van der Waals surface area contributed by atoms with E-state index >= 15 is 0 Å². The Morgan fingerprint density at radius 3 is 2.73 bits per heavy atom. The van der Waals surface area contributed by atoms with Crippen molar-refractivity contribution < 1.29 is 9.50 Å². The fraction of sp³-hybridized carbons (Fsp3) is 0.500. The summed E-state index contributed by atoms with van der Waals surface area (Å²) in [7, 11) is 0. The highest BCUT2D eigenvalue weighted by Gasteiger charge is 2.24. The van der Waals surface area contributed by atoms with Crippen molar-refractivity contribution in [1.29, 1.82) is 0 Å². The first-order valence-electron chi connectivity index (χ1n) is 5.24. The summed E-state index contributed by atoms with van der Waals surface area (Å²) in [5.74, 6) is -0.241. The second-order valence-electron chi connectivity index (χ2n) is 3.85. The van der Waals surface area contributed by atoms with E-state index in [1.807, 2.05) is 19.9 Å². The predicted molar refractivity (Wildman–Crippen MR) is 59.1 cm³/mol. The molecule has 0 heterocycles. The van der Waals surface area contributed by atoms with E-state index in [2.05, 4.69) is 5.32 Å². The van der Waals surface area contributed by atoms with E-state index in [-0.39, 0.29) is 18.0 Å². The first-order valence-corrected chi connectivity index (χ1v) is 5.24. The molecular weight excluding hydrogens is 193 g/mol. The molecule has 0 saturated carbocycles. The normalized spacial score (nSPS) is 14.9. The molecule has 0 fully saturated rings. The lowest BCUT2D eigenvalue weighted by molar-refractivity contribution is 0.222. The molecule has 2 N–H and O–H groups in total. The van der Waals surface area contributed by atoms with Gasteiger partial charge in [-0.15, -0.1) is 0 Å². The number of benzene rings is 1. The van der Waals surface area contributed by atoms with Gasteiger partial charge in [0.1, 0.15) is 5.82 Å². The van der Waals surface area contributed by atoms with Crippen LogP contribution in [0.5, 0.6) is 0 Å². The molecule has 0 aliphatic heterocycles. The van der Waals surface area contributed by atoms with Gasteiger partial charge in [0, 0.05) is 12.1 Å². The molecule has 15 heavy (non-hydrogen) atoms. The smallest absolute Gasteiger partial charge is 0.123 e. The molecular formula is C12H18FNO. The van der Waals surface area contributed by atoms with Crippen molar-refractivity contribution in [2.24, 2.45) is 0 Å². The Bertz CT molecular complexity index is 308. The minimum Gasteiger partial charge on any atom is -0.396 e. The number of nitrogens with one attached hydrogen (secondary N) is 1. The van der Waals surface area contributed by atoms with Gasteiger partial charge in [-0.3, -0.25) is 0 Å². The number of aliphatic hydroxyl groups excluding tert-OH is 1. The summed E-state index contributed by atoms with van der Waals surface area (Å²) >= 11 is 0. The van der Waals surface area contributed by atoms with Crippen molar-refractivity contribution in [3.8, 4) is 0 Å². The first-order chi connectivity index (χ1) is 7.12. The monoisotopic (exact) mass is 211 g/mol. The van der Waals surface area contributed by atoms with E-state index in [0.717, 1.165) is 12.1 Å². The molecule has 1 unspecified atom stereocenters. The summed E-state index contributed by atoms with van der Waals surface area (Å²) in [6.45, 7) is 4.84. The summed E-state index contributed by atoms with van der Waals surface area (Å²) in [5, 5.41) is 12.3. The second kappa shape index (κ2) is 5.24. The first kappa shape index (κ1) is 12.1. The lowest BCUT2D eigenvalue weighted by Crippen LogP contribution is -2.40. The van der Waals surface area contributed by atoms with Gasteiger partial charge in [0.15, 0.2) is 0 Å². The van der Waals surface area contributed by atoms with Gasteiger partial charge < -0.3 is 10.4 Å². The number of aliphatic hydroxyl groups is 1. The molecule has 3 heteroatoms. The van der Waals surface area contributed by atoms with Crippen molar-refractivity contribution >= 4 is 0 Å². The van der Waals surface area contributed by atoms with Crippen LogP contribution in [0.15, 0.2) is 24.3 Å². The van der Waals surface area contributed by atoms with E-state index in [0.29, 0.717) is 6.42 Å². The quantitative estimate of drug-likeness (QED) is 0.781. The van der Waals surface area contributed by atoms with E-state index < -0.39 is 0 Å². The van der Waals surface area contributed by atoms with Gasteiger partial charge in [0.05, 0.1) is 0 Å². The lowest BCUT2D eigenvalue weighted by Gasteiger charge is -2.30. The number of hydrogen-bond acceptors (Lipinski definition) is 2. The van der Waals surface area contributed by atoms with Gasteiger partial charge in [-0.2, -0.15) is 0 Å². The Morgan fingerprint density at radius 1 is 1.47 bits per heavy atom. The van der Waals surface area contributed by atoms with Crippen molar-refractivity contribution in [2.45, 2.75) is 25.8 Å². The molecule has 1 aromatic rings. The van der Waals surface area contributed by atoms with Crippen LogP contribution in [0.3, 0.4) is 0 Å². The molecule has 2 nitrogen and oxygen atoms in total. The SMILES string of the molecule is CCNC(C)(CCO)c1cccc(F)c1. The third kappa shape index (κ3) is 3.01. The molecule has 1 atom stereocenters. The van der Waals surface area contributed by atoms with Gasteiger partial charge >= 0.3 is 0 Å². The minimum atomic E-state index is -0.356. The summed E-state index contributed by atoms with van der Waals surface area (Å²) in [6.07, 6.45) is 0.574. The van der Waals surface area contributed by atoms with Gasteiger partial charge in [-0.1, -0.05) is 19.1 Å². The van der Waals surface area contributed by atoms with Gasteiger partial charge in [-0.25, -0.2) is 4.39 Å². The molecule has 84 valence electrons. The highest BCUT2D eigenvalue weighted by Crippen LogP contribution is 2.24. The van der Waals surface area contributed by atoms with E-state index in [1.54, 1.807) is 6.07 Å². The topological polar surface area (TPSA) is 32.3 Å². The van der Waals surface area contributed by atoms with E-state index in [1.165, 1.54) is 12.1 Å². The lowest BCUT2D eigenvalue weighted by atomic mass is 9.89. The highest BCUT2D eigenvalue weighted by atomic mass is 19.1. The van der Waals surface area contributed by atoms with Crippen LogP contribution >= 0.6 is 0 Å². The van der Waals surface area contributed by atoms with Crippen LogP contribution in [0, 0.1) is 5.82 Å². The van der Waals surface area contributed by atoms with Gasteiger partial charge in [0.2, 0.25) is 0 Å². The Balaban J connectivity index is 2.97. The third-order valence-electron chi connectivity index (χ3n) is 2.64. The molecule has 1 aromatic carbocycles. The summed E-state index contributed by atoms with van der Waals surface area (Å²) < 4.78 is 13.1. The fourth-order valence-electron chi connectivity index (χ4n) is 1.78. The Kier molecular flexibility index (Phi) is 4.24. The second-order valence-corrected chi connectivity index (χ2v) is 3.85. The van der Waals surface area contributed by atoms with Gasteiger partial charge in [-0.05, 0) is 37.6 Å². The molecule has 0 bridgehead atoms. The number of rotatable bonds is 5. The van der Waals surface area contributed by atoms with Crippen LogP contribution < -0.4 is 5.32 Å². The van der Waals surface area contributed by atoms with Crippen molar-refractivity contribution in [1.82, 2.24) is 5.32 Å². The van der Waals surface area contributed by atoms with Crippen molar-refractivity contribution in [3.63, 3.8) is 0 Å².